The summed E-state index contributed by atoms with van der Waals surface area (Å²) in [5.41, 5.74) is 1.45. The molecule has 2 bridgehead atoms. The predicted octanol–water partition coefficient (Wildman–Crippen LogP) is 3.46. The summed E-state index contributed by atoms with van der Waals surface area (Å²) in [5.74, 6) is 1.79. The van der Waals surface area contributed by atoms with Gasteiger partial charge in [-0.15, -0.1) is 12.4 Å². The summed E-state index contributed by atoms with van der Waals surface area (Å²) in [4.78, 5) is 2.35. The van der Waals surface area contributed by atoms with Gasteiger partial charge in [0.1, 0.15) is 11.4 Å². The van der Waals surface area contributed by atoms with Crippen molar-refractivity contribution >= 4 is 12.4 Å². The molecule has 3 heteroatoms. The number of ether oxygens (including phenoxy) is 1. The van der Waals surface area contributed by atoms with E-state index in [1.165, 1.54) is 18.4 Å². The quantitative estimate of drug-likeness (QED) is 0.773. The molecule has 1 aliphatic carbocycles. The van der Waals surface area contributed by atoms with Crippen LogP contribution in [0.5, 0.6) is 5.75 Å². The largest absolute Gasteiger partial charge is 0.487 e. The highest BCUT2D eigenvalue weighted by molar-refractivity contribution is 5.85. The lowest BCUT2D eigenvalue weighted by Gasteiger charge is -2.48. The minimum absolute atomic E-state index is 0. The zero-order valence-corrected chi connectivity index (χ0v) is 12.2. The zero-order chi connectivity index (χ0) is 12.0. The van der Waals surface area contributed by atoms with Gasteiger partial charge in [0.05, 0.1) is 0 Å². The van der Waals surface area contributed by atoms with E-state index in [1.807, 2.05) is 0 Å². The van der Waals surface area contributed by atoms with Crippen LogP contribution in [0.15, 0.2) is 24.3 Å². The first-order valence-corrected chi connectivity index (χ1v) is 6.52. The molecule has 1 saturated carbocycles. The van der Waals surface area contributed by atoms with E-state index in [9.17, 15) is 0 Å². The third-order valence-corrected chi connectivity index (χ3v) is 4.35. The molecule has 3 rings (SSSR count). The second-order valence-electron chi connectivity index (χ2n) is 6.05. The van der Waals surface area contributed by atoms with Crippen LogP contribution in [-0.2, 0) is 0 Å². The molecule has 1 aromatic rings. The molecule has 100 valence electrons. The summed E-state index contributed by atoms with van der Waals surface area (Å²) in [6.07, 6.45) is 3.59. The van der Waals surface area contributed by atoms with Crippen LogP contribution in [0.4, 0.5) is 0 Å². The number of fused-ring (bicyclic) bond motifs is 4. The highest BCUT2D eigenvalue weighted by Crippen LogP contribution is 2.49. The van der Waals surface area contributed by atoms with Gasteiger partial charge in [0, 0.05) is 12.5 Å². The normalized spacial score (nSPS) is 33.3. The standard InChI is InChI=1S/C15H21NO.ClH/c1-15-9-11(8-12(10-15)16(2)3)13-6-4-5-7-14(13)17-15;/h4-7,11-12H,8-10H2,1-3H3;1H/t11?,12-,15?;/m0./s1. The fourth-order valence-corrected chi connectivity index (χ4v) is 3.49. The van der Waals surface area contributed by atoms with Crippen molar-refractivity contribution < 1.29 is 4.74 Å². The maximum atomic E-state index is 6.24. The van der Waals surface area contributed by atoms with Gasteiger partial charge >= 0.3 is 0 Å². The Balaban J connectivity index is 0.00000120. The highest BCUT2D eigenvalue weighted by atomic mass is 35.5. The SMILES string of the molecule is CN(C)[C@H]1CC2CC(C)(C1)Oc1ccccc12.Cl. The van der Waals surface area contributed by atoms with Crippen molar-refractivity contribution in [2.24, 2.45) is 0 Å². The van der Waals surface area contributed by atoms with Crippen molar-refractivity contribution in [3.05, 3.63) is 29.8 Å². The van der Waals surface area contributed by atoms with Gasteiger partial charge in [-0.1, -0.05) is 18.2 Å². The first kappa shape index (κ1) is 13.7. The van der Waals surface area contributed by atoms with Crippen LogP contribution in [0.2, 0.25) is 0 Å². The van der Waals surface area contributed by atoms with Crippen LogP contribution >= 0.6 is 12.4 Å². The Kier molecular flexibility index (Phi) is 3.61. The predicted molar refractivity (Wildman–Crippen MR) is 76.8 cm³/mol. The summed E-state index contributed by atoms with van der Waals surface area (Å²) in [6.45, 7) is 2.27. The van der Waals surface area contributed by atoms with E-state index in [0.29, 0.717) is 12.0 Å². The van der Waals surface area contributed by atoms with Gasteiger partial charge in [-0.2, -0.15) is 0 Å². The van der Waals surface area contributed by atoms with E-state index >= 15 is 0 Å². The Morgan fingerprint density at radius 3 is 2.67 bits per heavy atom. The van der Waals surface area contributed by atoms with Gasteiger partial charge < -0.3 is 9.64 Å². The molecule has 0 amide bonds. The Hall–Kier alpha value is -0.730. The number of nitrogens with zero attached hydrogens (tertiary/aromatic N) is 1. The molecular weight excluding hydrogens is 246 g/mol. The number of para-hydroxylation sites is 1. The lowest BCUT2D eigenvalue weighted by molar-refractivity contribution is -0.0107. The maximum Gasteiger partial charge on any atom is 0.123 e. The van der Waals surface area contributed by atoms with Gasteiger partial charge in [0.15, 0.2) is 0 Å². The fourth-order valence-electron chi connectivity index (χ4n) is 3.49. The fraction of sp³-hybridized carbons (Fsp3) is 0.600. The van der Waals surface area contributed by atoms with Crippen LogP contribution in [0, 0.1) is 0 Å². The minimum atomic E-state index is 0. The summed E-state index contributed by atoms with van der Waals surface area (Å²) in [7, 11) is 4.36. The molecular formula is C15H22ClNO. The molecule has 1 fully saturated rings. The van der Waals surface area contributed by atoms with E-state index in [2.05, 4.69) is 50.2 Å². The van der Waals surface area contributed by atoms with Gasteiger partial charge in [0.25, 0.3) is 0 Å². The molecule has 1 aliphatic heterocycles. The van der Waals surface area contributed by atoms with E-state index in [1.54, 1.807) is 0 Å². The number of benzene rings is 1. The summed E-state index contributed by atoms with van der Waals surface area (Å²) in [6, 6.07) is 9.21. The summed E-state index contributed by atoms with van der Waals surface area (Å²) >= 11 is 0. The average molecular weight is 268 g/mol. The lowest BCUT2D eigenvalue weighted by Crippen LogP contribution is -2.49. The van der Waals surface area contributed by atoms with E-state index < -0.39 is 0 Å². The van der Waals surface area contributed by atoms with Gasteiger partial charge in [-0.25, -0.2) is 0 Å². The number of halogens is 1. The van der Waals surface area contributed by atoms with Crippen molar-refractivity contribution in [3.63, 3.8) is 0 Å². The highest BCUT2D eigenvalue weighted by Gasteiger charge is 2.44. The number of hydrogen-bond donors (Lipinski definition) is 0. The zero-order valence-electron chi connectivity index (χ0n) is 11.3. The number of hydrogen-bond acceptors (Lipinski definition) is 2. The average Bonchev–Trinajstić information content (AvgIpc) is 2.27. The van der Waals surface area contributed by atoms with E-state index in [-0.39, 0.29) is 18.0 Å². The minimum Gasteiger partial charge on any atom is -0.487 e. The molecule has 18 heavy (non-hydrogen) atoms. The Morgan fingerprint density at radius 2 is 1.94 bits per heavy atom. The smallest absolute Gasteiger partial charge is 0.123 e. The molecule has 2 unspecified atom stereocenters. The van der Waals surface area contributed by atoms with Crippen molar-refractivity contribution in [2.75, 3.05) is 14.1 Å². The van der Waals surface area contributed by atoms with Crippen molar-refractivity contribution in [2.45, 2.75) is 43.7 Å². The summed E-state index contributed by atoms with van der Waals surface area (Å²) < 4.78 is 6.24. The Bertz CT molecular complexity index is 434. The van der Waals surface area contributed by atoms with Gasteiger partial charge in [-0.05, 0) is 51.4 Å². The topological polar surface area (TPSA) is 12.5 Å². The molecule has 0 aromatic heterocycles. The molecule has 0 N–H and O–H groups in total. The van der Waals surface area contributed by atoms with E-state index in [0.717, 1.165) is 12.2 Å². The molecule has 0 spiro atoms. The monoisotopic (exact) mass is 267 g/mol. The number of rotatable bonds is 1. The first-order valence-electron chi connectivity index (χ1n) is 6.52. The van der Waals surface area contributed by atoms with Crippen LogP contribution in [0.3, 0.4) is 0 Å². The first-order chi connectivity index (χ1) is 8.07. The second kappa shape index (κ2) is 4.75. The molecule has 2 aliphatic rings. The second-order valence-corrected chi connectivity index (χ2v) is 6.05. The third kappa shape index (κ3) is 2.24. The van der Waals surface area contributed by atoms with Gasteiger partial charge in [-0.3, -0.25) is 0 Å². The molecule has 0 saturated heterocycles. The molecule has 1 aromatic carbocycles. The Labute approximate surface area is 116 Å². The third-order valence-electron chi connectivity index (χ3n) is 4.35. The van der Waals surface area contributed by atoms with Crippen molar-refractivity contribution in [1.82, 2.24) is 4.90 Å². The van der Waals surface area contributed by atoms with Crippen LogP contribution in [-0.4, -0.2) is 30.6 Å². The van der Waals surface area contributed by atoms with Crippen LogP contribution in [0.25, 0.3) is 0 Å². The molecule has 1 heterocycles. The van der Waals surface area contributed by atoms with Crippen molar-refractivity contribution in [3.8, 4) is 5.75 Å². The molecule has 3 atom stereocenters. The maximum absolute atomic E-state index is 6.24. The van der Waals surface area contributed by atoms with Crippen molar-refractivity contribution in [1.29, 1.82) is 0 Å². The van der Waals surface area contributed by atoms with Gasteiger partial charge in [0.2, 0.25) is 0 Å². The lowest BCUT2D eigenvalue weighted by atomic mass is 9.71. The summed E-state index contributed by atoms with van der Waals surface area (Å²) in [5, 5.41) is 0. The van der Waals surface area contributed by atoms with Crippen LogP contribution < -0.4 is 4.74 Å². The van der Waals surface area contributed by atoms with Crippen LogP contribution in [0.1, 0.15) is 37.7 Å². The molecule has 0 radical (unpaired) electrons. The Morgan fingerprint density at radius 1 is 1.22 bits per heavy atom. The van der Waals surface area contributed by atoms with E-state index in [4.69, 9.17) is 4.74 Å². The molecule has 2 nitrogen and oxygen atoms in total.